The molecule has 1 aliphatic heterocycles. The molecule has 0 amide bonds. The summed E-state index contributed by atoms with van der Waals surface area (Å²) in [5.41, 5.74) is 0.788. The molecular formula is C14H18O2. The maximum atomic E-state index is 11.6. The molecule has 1 aromatic carbocycles. The molecule has 2 heteroatoms. The molecule has 0 radical (unpaired) electrons. The Bertz CT molecular complexity index is 354. The van der Waals surface area contributed by atoms with E-state index in [9.17, 15) is 4.79 Å². The van der Waals surface area contributed by atoms with Crippen LogP contribution in [0.2, 0.25) is 0 Å². The van der Waals surface area contributed by atoms with Crippen LogP contribution in [0.25, 0.3) is 0 Å². The molecule has 2 nitrogen and oxygen atoms in total. The van der Waals surface area contributed by atoms with Gasteiger partial charge in [0.1, 0.15) is 5.78 Å². The fourth-order valence-corrected chi connectivity index (χ4v) is 2.45. The number of hydrogen-bond acceptors (Lipinski definition) is 2. The van der Waals surface area contributed by atoms with Gasteiger partial charge >= 0.3 is 0 Å². The fourth-order valence-electron chi connectivity index (χ4n) is 2.45. The molecule has 1 aromatic rings. The molecule has 2 rings (SSSR count). The predicted molar refractivity (Wildman–Crippen MR) is 63.2 cm³/mol. The number of ether oxygens (including phenoxy) is 1. The van der Waals surface area contributed by atoms with Gasteiger partial charge in [0.05, 0.1) is 12.2 Å². The van der Waals surface area contributed by atoms with Crippen LogP contribution in [0.15, 0.2) is 30.3 Å². The minimum absolute atomic E-state index is 0.323. The number of ketones is 1. The van der Waals surface area contributed by atoms with Gasteiger partial charge < -0.3 is 4.74 Å². The van der Waals surface area contributed by atoms with Crippen molar-refractivity contribution in [3.8, 4) is 0 Å². The quantitative estimate of drug-likeness (QED) is 0.779. The van der Waals surface area contributed by atoms with Crippen molar-refractivity contribution in [3.63, 3.8) is 0 Å². The van der Waals surface area contributed by atoms with Crippen molar-refractivity contribution in [2.75, 3.05) is 6.61 Å². The number of carbonyl (C=O) groups is 1. The Hall–Kier alpha value is -1.15. The summed E-state index contributed by atoms with van der Waals surface area (Å²) in [5.74, 6) is 0.323. The fraction of sp³-hybridized carbons (Fsp3) is 0.500. The summed E-state index contributed by atoms with van der Waals surface area (Å²) in [4.78, 5) is 11.6. The van der Waals surface area contributed by atoms with Gasteiger partial charge in [-0.1, -0.05) is 43.7 Å². The summed E-state index contributed by atoms with van der Waals surface area (Å²) in [5, 5.41) is 0. The Morgan fingerprint density at radius 1 is 1.31 bits per heavy atom. The average molecular weight is 218 g/mol. The molecule has 1 unspecified atom stereocenters. The van der Waals surface area contributed by atoms with Crippen molar-refractivity contribution in [3.05, 3.63) is 35.9 Å². The van der Waals surface area contributed by atoms with Crippen molar-refractivity contribution in [1.82, 2.24) is 0 Å². The topological polar surface area (TPSA) is 26.3 Å². The molecule has 0 saturated carbocycles. The summed E-state index contributed by atoms with van der Waals surface area (Å²) in [6.07, 6.45) is 3.05. The third-order valence-corrected chi connectivity index (χ3v) is 3.20. The Labute approximate surface area is 96.6 Å². The van der Waals surface area contributed by atoms with Gasteiger partial charge in [-0.05, 0) is 12.0 Å². The van der Waals surface area contributed by atoms with Gasteiger partial charge in [-0.2, -0.15) is 0 Å². The van der Waals surface area contributed by atoms with Gasteiger partial charge in [-0.15, -0.1) is 0 Å². The normalized spacial score (nSPS) is 25.7. The molecular weight excluding hydrogens is 200 g/mol. The van der Waals surface area contributed by atoms with E-state index in [1.54, 1.807) is 0 Å². The highest BCUT2D eigenvalue weighted by Crippen LogP contribution is 2.37. The first-order valence-corrected chi connectivity index (χ1v) is 5.98. The second-order valence-corrected chi connectivity index (χ2v) is 4.42. The second-order valence-electron chi connectivity index (χ2n) is 4.42. The van der Waals surface area contributed by atoms with Crippen molar-refractivity contribution in [1.29, 1.82) is 0 Å². The highest BCUT2D eigenvalue weighted by atomic mass is 16.5. The number of benzene rings is 1. The van der Waals surface area contributed by atoms with E-state index in [-0.39, 0.29) is 5.60 Å². The molecule has 0 bridgehead atoms. The Morgan fingerprint density at radius 2 is 2.06 bits per heavy atom. The Kier molecular flexibility index (Phi) is 3.39. The molecule has 1 saturated heterocycles. The van der Waals surface area contributed by atoms with Crippen LogP contribution in [0.5, 0.6) is 0 Å². The van der Waals surface area contributed by atoms with Crippen LogP contribution in [0.3, 0.4) is 0 Å². The molecule has 1 aliphatic rings. The van der Waals surface area contributed by atoms with Crippen LogP contribution in [0.4, 0.5) is 0 Å². The largest absolute Gasteiger partial charge is 0.369 e. The first-order chi connectivity index (χ1) is 7.77. The van der Waals surface area contributed by atoms with Gasteiger partial charge in [-0.25, -0.2) is 0 Å². The SMILES string of the molecule is CCCC1(c2ccccc2)CC(=O)CCO1. The van der Waals surface area contributed by atoms with Crippen molar-refractivity contribution < 1.29 is 9.53 Å². The summed E-state index contributed by atoms with van der Waals surface area (Å²) >= 11 is 0. The van der Waals surface area contributed by atoms with Gasteiger partial charge in [0.25, 0.3) is 0 Å². The van der Waals surface area contributed by atoms with Gasteiger partial charge in [0.2, 0.25) is 0 Å². The molecule has 1 fully saturated rings. The summed E-state index contributed by atoms with van der Waals surface area (Å²) < 4.78 is 5.94. The highest BCUT2D eigenvalue weighted by Gasteiger charge is 2.37. The van der Waals surface area contributed by atoms with E-state index in [1.807, 2.05) is 18.2 Å². The number of rotatable bonds is 3. The highest BCUT2D eigenvalue weighted by molar-refractivity contribution is 5.80. The average Bonchev–Trinajstić information content (AvgIpc) is 2.31. The number of hydrogen-bond donors (Lipinski definition) is 0. The van der Waals surface area contributed by atoms with Crippen LogP contribution in [-0.2, 0) is 15.1 Å². The summed E-state index contributed by atoms with van der Waals surface area (Å²) in [6, 6.07) is 10.1. The van der Waals surface area contributed by atoms with Crippen LogP contribution in [-0.4, -0.2) is 12.4 Å². The predicted octanol–water partition coefficient (Wildman–Crippen LogP) is 3.06. The van der Waals surface area contributed by atoms with Crippen LogP contribution in [0, 0.1) is 0 Å². The van der Waals surface area contributed by atoms with Gasteiger partial charge in [0.15, 0.2) is 0 Å². The Balaban J connectivity index is 2.31. The van der Waals surface area contributed by atoms with E-state index in [0.717, 1.165) is 18.4 Å². The van der Waals surface area contributed by atoms with E-state index >= 15 is 0 Å². The van der Waals surface area contributed by atoms with E-state index in [0.29, 0.717) is 25.2 Å². The van der Waals surface area contributed by atoms with Crippen molar-refractivity contribution >= 4 is 5.78 Å². The van der Waals surface area contributed by atoms with Gasteiger partial charge in [-0.3, -0.25) is 4.79 Å². The zero-order chi connectivity index (χ0) is 11.4. The minimum Gasteiger partial charge on any atom is -0.369 e. The van der Waals surface area contributed by atoms with Gasteiger partial charge in [0, 0.05) is 12.8 Å². The van der Waals surface area contributed by atoms with Crippen molar-refractivity contribution in [2.45, 2.75) is 38.2 Å². The summed E-state index contributed by atoms with van der Waals surface area (Å²) in [7, 11) is 0. The number of Topliss-reactive ketones (excluding diaryl/α,β-unsaturated/α-hetero) is 1. The monoisotopic (exact) mass is 218 g/mol. The second kappa shape index (κ2) is 4.79. The lowest BCUT2D eigenvalue weighted by Gasteiger charge is -2.37. The molecule has 1 heterocycles. The lowest BCUT2D eigenvalue weighted by molar-refractivity contribution is -0.143. The van der Waals surface area contributed by atoms with E-state index in [4.69, 9.17) is 4.74 Å². The van der Waals surface area contributed by atoms with Crippen molar-refractivity contribution in [2.24, 2.45) is 0 Å². The molecule has 0 aromatic heterocycles. The van der Waals surface area contributed by atoms with Crippen LogP contribution < -0.4 is 0 Å². The first kappa shape index (κ1) is 11.3. The maximum Gasteiger partial charge on any atom is 0.138 e. The minimum atomic E-state index is -0.356. The lowest BCUT2D eigenvalue weighted by atomic mass is 9.82. The molecule has 0 N–H and O–H groups in total. The van der Waals surface area contributed by atoms with E-state index in [1.165, 1.54) is 0 Å². The first-order valence-electron chi connectivity index (χ1n) is 5.98. The zero-order valence-corrected chi connectivity index (χ0v) is 9.74. The smallest absolute Gasteiger partial charge is 0.138 e. The molecule has 16 heavy (non-hydrogen) atoms. The molecule has 86 valence electrons. The maximum absolute atomic E-state index is 11.6. The number of carbonyl (C=O) groups excluding carboxylic acids is 1. The van der Waals surface area contributed by atoms with E-state index < -0.39 is 0 Å². The van der Waals surface area contributed by atoms with Crippen LogP contribution in [0.1, 0.15) is 38.2 Å². The summed E-state index contributed by atoms with van der Waals surface area (Å²) in [6.45, 7) is 2.70. The third-order valence-electron chi connectivity index (χ3n) is 3.20. The lowest BCUT2D eigenvalue weighted by Crippen LogP contribution is -2.37. The standard InChI is InChI=1S/C14H18O2/c1-2-9-14(11-13(15)8-10-16-14)12-6-4-3-5-7-12/h3-7H,2,8-11H2,1H3. The van der Waals surface area contributed by atoms with E-state index in [2.05, 4.69) is 19.1 Å². The molecule has 0 spiro atoms. The molecule has 0 aliphatic carbocycles. The van der Waals surface area contributed by atoms with Crippen LogP contribution >= 0.6 is 0 Å². The third kappa shape index (κ3) is 2.17. The Morgan fingerprint density at radius 3 is 2.69 bits per heavy atom. The zero-order valence-electron chi connectivity index (χ0n) is 9.74. The molecule has 1 atom stereocenters.